The lowest BCUT2D eigenvalue weighted by Crippen LogP contribution is -1.90. The number of ether oxygens (including phenoxy) is 1. The van der Waals surface area contributed by atoms with E-state index in [1.54, 1.807) is 24.3 Å². The second-order valence-corrected chi connectivity index (χ2v) is 3.22. The van der Waals surface area contributed by atoms with Crippen LogP contribution in [0.4, 0.5) is 0 Å². The Morgan fingerprint density at radius 3 is 2.44 bits per heavy atom. The topological polar surface area (TPSA) is 46.5 Å². The summed E-state index contributed by atoms with van der Waals surface area (Å²) in [6, 6.07) is 13.8. The molecule has 0 aliphatic heterocycles. The number of benzene rings is 2. The number of aldehydes is 1. The maximum absolute atomic E-state index is 10.8. The number of hydrogen-bond acceptors (Lipinski definition) is 3. The normalized spacial score (nSPS) is 9.75. The third-order valence-electron chi connectivity index (χ3n) is 2.13. The lowest BCUT2D eigenvalue weighted by molar-refractivity contribution is 0.111. The van der Waals surface area contributed by atoms with Crippen LogP contribution in [0.3, 0.4) is 0 Å². The van der Waals surface area contributed by atoms with Crippen LogP contribution in [0.25, 0.3) is 0 Å². The zero-order chi connectivity index (χ0) is 11.4. The molecule has 0 aliphatic rings. The van der Waals surface area contributed by atoms with E-state index in [0.29, 0.717) is 17.8 Å². The van der Waals surface area contributed by atoms with Gasteiger partial charge in [-0.2, -0.15) is 0 Å². The standard InChI is InChI=1S/C13H10O3/c14-9-11-12(15)7-4-8-13(11)16-10-5-2-1-3-6-10/h1-9,15H. The summed E-state index contributed by atoms with van der Waals surface area (Å²) in [6.07, 6.45) is 0.577. The Kier molecular flexibility index (Phi) is 2.87. The van der Waals surface area contributed by atoms with Crippen molar-refractivity contribution in [3.05, 3.63) is 54.1 Å². The molecule has 0 unspecified atom stereocenters. The number of carbonyl (C=O) groups is 1. The highest BCUT2D eigenvalue weighted by Crippen LogP contribution is 2.29. The van der Waals surface area contributed by atoms with Crippen LogP contribution >= 0.6 is 0 Å². The van der Waals surface area contributed by atoms with Crippen molar-refractivity contribution in [3.63, 3.8) is 0 Å². The summed E-state index contributed by atoms with van der Waals surface area (Å²) in [5.74, 6) is 0.890. The highest BCUT2D eigenvalue weighted by atomic mass is 16.5. The van der Waals surface area contributed by atoms with E-state index >= 15 is 0 Å². The van der Waals surface area contributed by atoms with Gasteiger partial charge >= 0.3 is 0 Å². The third-order valence-corrected chi connectivity index (χ3v) is 2.13. The lowest BCUT2D eigenvalue weighted by atomic mass is 10.2. The Hall–Kier alpha value is -2.29. The van der Waals surface area contributed by atoms with Crippen molar-refractivity contribution in [2.45, 2.75) is 0 Å². The Labute approximate surface area is 92.9 Å². The van der Waals surface area contributed by atoms with Gasteiger partial charge in [-0.05, 0) is 24.3 Å². The van der Waals surface area contributed by atoms with Gasteiger partial charge in [0.2, 0.25) is 0 Å². The van der Waals surface area contributed by atoms with Crippen molar-refractivity contribution < 1.29 is 14.6 Å². The molecule has 3 heteroatoms. The van der Waals surface area contributed by atoms with Crippen LogP contribution in [0.2, 0.25) is 0 Å². The molecule has 2 aromatic carbocycles. The van der Waals surface area contributed by atoms with E-state index in [1.807, 2.05) is 18.2 Å². The number of hydrogen-bond donors (Lipinski definition) is 1. The van der Waals surface area contributed by atoms with E-state index in [0.717, 1.165) is 0 Å². The van der Waals surface area contributed by atoms with E-state index in [9.17, 15) is 9.90 Å². The van der Waals surface area contributed by atoms with Gasteiger partial charge in [-0.15, -0.1) is 0 Å². The molecule has 0 aliphatic carbocycles. The van der Waals surface area contributed by atoms with Crippen molar-refractivity contribution in [1.29, 1.82) is 0 Å². The average molecular weight is 214 g/mol. The van der Waals surface area contributed by atoms with E-state index in [-0.39, 0.29) is 11.3 Å². The highest BCUT2D eigenvalue weighted by Gasteiger charge is 2.08. The highest BCUT2D eigenvalue weighted by molar-refractivity contribution is 5.83. The molecule has 2 rings (SSSR count). The third kappa shape index (κ3) is 2.03. The summed E-state index contributed by atoms with van der Waals surface area (Å²) in [6.45, 7) is 0. The fraction of sp³-hybridized carbons (Fsp3) is 0. The van der Waals surface area contributed by atoms with Crippen LogP contribution in [0.5, 0.6) is 17.2 Å². The largest absolute Gasteiger partial charge is 0.507 e. The van der Waals surface area contributed by atoms with Gasteiger partial charge in [0.25, 0.3) is 0 Å². The maximum Gasteiger partial charge on any atom is 0.157 e. The van der Waals surface area contributed by atoms with E-state index in [4.69, 9.17) is 4.74 Å². The maximum atomic E-state index is 10.8. The van der Waals surface area contributed by atoms with E-state index < -0.39 is 0 Å². The minimum Gasteiger partial charge on any atom is -0.507 e. The van der Waals surface area contributed by atoms with Gasteiger partial charge in [0.15, 0.2) is 6.29 Å². The fourth-order valence-electron chi connectivity index (χ4n) is 1.36. The molecule has 16 heavy (non-hydrogen) atoms. The first-order chi connectivity index (χ1) is 7.81. The molecule has 0 bridgehead atoms. The van der Waals surface area contributed by atoms with Gasteiger partial charge in [0.05, 0.1) is 5.56 Å². The van der Waals surface area contributed by atoms with Gasteiger partial charge in [-0.25, -0.2) is 0 Å². The number of para-hydroxylation sites is 1. The summed E-state index contributed by atoms with van der Waals surface area (Å²) >= 11 is 0. The molecule has 0 radical (unpaired) electrons. The zero-order valence-corrected chi connectivity index (χ0v) is 8.46. The van der Waals surface area contributed by atoms with Crippen molar-refractivity contribution in [1.82, 2.24) is 0 Å². The number of aromatic hydroxyl groups is 1. The lowest BCUT2D eigenvalue weighted by Gasteiger charge is -2.08. The van der Waals surface area contributed by atoms with Gasteiger partial charge in [-0.1, -0.05) is 24.3 Å². The van der Waals surface area contributed by atoms with Crippen molar-refractivity contribution >= 4 is 6.29 Å². The monoisotopic (exact) mass is 214 g/mol. The fourth-order valence-corrected chi connectivity index (χ4v) is 1.36. The van der Waals surface area contributed by atoms with Gasteiger partial charge in [0, 0.05) is 0 Å². The molecule has 0 aromatic heterocycles. The summed E-state index contributed by atoms with van der Waals surface area (Å²) in [5.41, 5.74) is 0.159. The Morgan fingerprint density at radius 1 is 1.00 bits per heavy atom. The van der Waals surface area contributed by atoms with E-state index in [2.05, 4.69) is 0 Å². The minimum absolute atomic E-state index is 0.0802. The zero-order valence-electron chi connectivity index (χ0n) is 8.46. The summed E-state index contributed by atoms with van der Waals surface area (Å²) in [5, 5.41) is 9.46. The molecule has 3 nitrogen and oxygen atoms in total. The summed E-state index contributed by atoms with van der Waals surface area (Å²) < 4.78 is 5.49. The first kappa shape index (κ1) is 10.2. The van der Waals surface area contributed by atoms with Crippen LogP contribution < -0.4 is 4.74 Å². The Bertz CT molecular complexity index is 492. The van der Waals surface area contributed by atoms with Gasteiger partial charge in [0.1, 0.15) is 17.2 Å². The molecular weight excluding hydrogens is 204 g/mol. The second-order valence-electron chi connectivity index (χ2n) is 3.22. The Balaban J connectivity index is 2.35. The van der Waals surface area contributed by atoms with Crippen LogP contribution in [0.1, 0.15) is 10.4 Å². The van der Waals surface area contributed by atoms with Crippen LogP contribution in [-0.2, 0) is 0 Å². The first-order valence-electron chi connectivity index (χ1n) is 4.81. The molecule has 0 amide bonds. The molecule has 80 valence electrons. The molecule has 0 saturated heterocycles. The molecule has 0 fully saturated rings. The number of carbonyl (C=O) groups excluding carboxylic acids is 1. The quantitative estimate of drug-likeness (QED) is 0.799. The van der Waals surface area contributed by atoms with Crippen molar-refractivity contribution in [2.24, 2.45) is 0 Å². The number of phenols is 1. The molecule has 1 N–H and O–H groups in total. The predicted octanol–water partition coefficient (Wildman–Crippen LogP) is 3.00. The molecule has 0 atom stereocenters. The summed E-state index contributed by atoms with van der Waals surface area (Å²) in [4.78, 5) is 10.8. The molecule has 0 spiro atoms. The van der Waals surface area contributed by atoms with E-state index in [1.165, 1.54) is 6.07 Å². The smallest absolute Gasteiger partial charge is 0.157 e. The molecule has 0 heterocycles. The van der Waals surface area contributed by atoms with Gasteiger partial charge in [-0.3, -0.25) is 4.79 Å². The molecule has 0 saturated carbocycles. The first-order valence-corrected chi connectivity index (χ1v) is 4.81. The van der Waals surface area contributed by atoms with Crippen LogP contribution in [-0.4, -0.2) is 11.4 Å². The second kappa shape index (κ2) is 4.49. The Morgan fingerprint density at radius 2 is 1.75 bits per heavy atom. The molecule has 2 aromatic rings. The SMILES string of the molecule is O=Cc1c(O)cccc1Oc1ccccc1. The average Bonchev–Trinajstić information content (AvgIpc) is 2.31. The molecular formula is C13H10O3. The van der Waals surface area contributed by atoms with Crippen molar-refractivity contribution in [3.8, 4) is 17.2 Å². The van der Waals surface area contributed by atoms with Gasteiger partial charge < -0.3 is 9.84 Å². The van der Waals surface area contributed by atoms with Crippen LogP contribution in [0.15, 0.2) is 48.5 Å². The van der Waals surface area contributed by atoms with Crippen LogP contribution in [0, 0.1) is 0 Å². The predicted molar refractivity (Wildman–Crippen MR) is 60.0 cm³/mol. The van der Waals surface area contributed by atoms with Crippen molar-refractivity contribution in [2.75, 3.05) is 0 Å². The number of phenolic OH excluding ortho intramolecular Hbond substituents is 1. The minimum atomic E-state index is -0.0802. The number of rotatable bonds is 3. The summed E-state index contributed by atoms with van der Waals surface area (Å²) in [7, 11) is 0.